The quantitative estimate of drug-likeness (QED) is 0.0416. The molecule has 0 radical (unpaired) electrons. The summed E-state index contributed by atoms with van der Waals surface area (Å²) in [6.45, 7) is 7.07. The van der Waals surface area contributed by atoms with Crippen molar-refractivity contribution in [1.29, 1.82) is 0 Å². The number of benzene rings is 1. The van der Waals surface area contributed by atoms with E-state index in [1.165, 1.54) is 122 Å². The molecule has 0 unspecified atom stereocenters. The SMILES string of the molecule is CCCCCCCCCCCCOC(=O)[C@@H](N)Cc1ccc(OC(=O)CCCCCCCCCCC)c(OC(=O)CCCCCCCCCCC)c1. The Morgan fingerprint density at radius 1 is 0.500 bits per heavy atom. The number of hydrogen-bond acceptors (Lipinski definition) is 7. The van der Waals surface area contributed by atoms with Crippen LogP contribution in [0.1, 0.15) is 219 Å². The van der Waals surface area contributed by atoms with E-state index in [1.807, 2.05) is 0 Å². The number of carbonyl (C=O) groups is 3. The molecule has 0 aliphatic carbocycles. The zero-order valence-electron chi connectivity index (χ0n) is 34.0. The van der Waals surface area contributed by atoms with E-state index in [-0.39, 0.29) is 29.9 Å². The minimum Gasteiger partial charge on any atom is -0.465 e. The molecule has 0 fully saturated rings. The van der Waals surface area contributed by atoms with E-state index >= 15 is 0 Å². The highest BCUT2D eigenvalue weighted by molar-refractivity contribution is 5.77. The van der Waals surface area contributed by atoms with Gasteiger partial charge in [-0.2, -0.15) is 0 Å². The second-order valence-electron chi connectivity index (χ2n) is 15.0. The molecule has 0 spiro atoms. The predicted molar refractivity (Wildman–Crippen MR) is 216 cm³/mol. The van der Waals surface area contributed by atoms with Gasteiger partial charge >= 0.3 is 17.9 Å². The molecule has 7 heteroatoms. The fraction of sp³-hybridized carbons (Fsp3) is 0.800. The van der Waals surface area contributed by atoms with E-state index in [0.29, 0.717) is 25.0 Å². The Labute approximate surface area is 319 Å². The van der Waals surface area contributed by atoms with Crippen molar-refractivity contribution in [3.63, 3.8) is 0 Å². The fourth-order valence-corrected chi connectivity index (χ4v) is 6.56. The van der Waals surface area contributed by atoms with Gasteiger partial charge in [-0.05, 0) is 43.4 Å². The van der Waals surface area contributed by atoms with Gasteiger partial charge in [-0.3, -0.25) is 14.4 Å². The van der Waals surface area contributed by atoms with E-state index < -0.39 is 12.0 Å². The molecule has 0 aromatic heterocycles. The third kappa shape index (κ3) is 27.2. The zero-order chi connectivity index (χ0) is 37.9. The maximum absolute atomic E-state index is 12.9. The van der Waals surface area contributed by atoms with Crippen molar-refractivity contribution in [2.45, 2.75) is 226 Å². The lowest BCUT2D eigenvalue weighted by atomic mass is 10.1. The Balaban J connectivity index is 2.59. The van der Waals surface area contributed by atoms with Crippen LogP contribution in [0.4, 0.5) is 0 Å². The summed E-state index contributed by atoms with van der Waals surface area (Å²) in [6, 6.07) is 4.25. The number of hydrogen-bond donors (Lipinski definition) is 1. The van der Waals surface area contributed by atoms with Gasteiger partial charge in [0, 0.05) is 12.8 Å². The molecule has 1 aromatic rings. The van der Waals surface area contributed by atoms with E-state index in [4.69, 9.17) is 19.9 Å². The molecule has 1 atom stereocenters. The maximum atomic E-state index is 12.9. The number of ether oxygens (including phenoxy) is 3. The Morgan fingerprint density at radius 2 is 0.865 bits per heavy atom. The lowest BCUT2D eigenvalue weighted by molar-refractivity contribution is -0.145. The predicted octanol–water partition coefficient (Wildman–Crippen LogP) is 12.7. The van der Waals surface area contributed by atoms with Crippen molar-refractivity contribution in [1.82, 2.24) is 0 Å². The van der Waals surface area contributed by atoms with Gasteiger partial charge in [0.15, 0.2) is 11.5 Å². The Kier molecular flexibility index (Phi) is 31.5. The average Bonchev–Trinajstić information content (AvgIpc) is 3.13. The summed E-state index contributed by atoms with van der Waals surface area (Å²) in [5, 5.41) is 0. The molecule has 0 aliphatic heterocycles. The molecule has 2 N–H and O–H groups in total. The molecular formula is C45H79NO6. The molecular weight excluding hydrogens is 650 g/mol. The van der Waals surface area contributed by atoms with Crippen molar-refractivity contribution in [3.05, 3.63) is 23.8 Å². The Hall–Kier alpha value is -2.41. The van der Waals surface area contributed by atoms with Crippen molar-refractivity contribution < 1.29 is 28.6 Å². The molecule has 7 nitrogen and oxygen atoms in total. The van der Waals surface area contributed by atoms with Gasteiger partial charge in [0.2, 0.25) is 0 Å². The third-order valence-electron chi connectivity index (χ3n) is 9.93. The van der Waals surface area contributed by atoms with Crippen LogP contribution in [0.15, 0.2) is 18.2 Å². The third-order valence-corrected chi connectivity index (χ3v) is 9.93. The normalized spacial score (nSPS) is 11.8. The van der Waals surface area contributed by atoms with Gasteiger partial charge in [-0.1, -0.05) is 187 Å². The molecule has 300 valence electrons. The minimum absolute atomic E-state index is 0.199. The van der Waals surface area contributed by atoms with E-state index in [9.17, 15) is 14.4 Å². The summed E-state index contributed by atoms with van der Waals surface area (Å²) in [5.74, 6) is -0.695. The molecule has 1 aromatic carbocycles. The highest BCUT2D eigenvalue weighted by Gasteiger charge is 2.19. The summed E-state index contributed by atoms with van der Waals surface area (Å²) in [5.41, 5.74) is 6.96. The Morgan fingerprint density at radius 3 is 1.29 bits per heavy atom. The van der Waals surface area contributed by atoms with Crippen LogP contribution in [-0.4, -0.2) is 30.6 Å². The zero-order valence-corrected chi connectivity index (χ0v) is 34.0. The van der Waals surface area contributed by atoms with E-state index in [1.54, 1.807) is 18.2 Å². The maximum Gasteiger partial charge on any atom is 0.323 e. The largest absolute Gasteiger partial charge is 0.465 e. The van der Waals surface area contributed by atoms with Gasteiger partial charge in [0.05, 0.1) is 6.61 Å². The summed E-state index contributed by atoms with van der Waals surface area (Å²) >= 11 is 0. The van der Waals surface area contributed by atoms with Crippen molar-refractivity contribution in [2.75, 3.05) is 6.61 Å². The first-order valence-electron chi connectivity index (χ1n) is 21.9. The van der Waals surface area contributed by atoms with Crippen LogP contribution < -0.4 is 15.2 Å². The highest BCUT2D eigenvalue weighted by Crippen LogP contribution is 2.30. The first-order chi connectivity index (χ1) is 25.4. The van der Waals surface area contributed by atoms with Gasteiger partial charge in [0.1, 0.15) is 6.04 Å². The molecule has 52 heavy (non-hydrogen) atoms. The summed E-state index contributed by atoms with van der Waals surface area (Å²) in [7, 11) is 0. The standard InChI is InChI=1S/C45H79NO6/c1-4-7-10-13-16-19-22-25-28-31-36-50-45(49)40(46)37-39-34-35-41(51-43(47)32-29-26-23-20-17-14-11-8-5-2)42(38-39)52-44(48)33-30-27-24-21-18-15-12-9-6-3/h34-35,38,40H,4-33,36-37,46H2,1-3H3/t40-/m0/s1. The van der Waals surface area contributed by atoms with E-state index in [0.717, 1.165) is 57.8 Å². The van der Waals surface area contributed by atoms with Crippen LogP contribution >= 0.6 is 0 Å². The molecule has 0 heterocycles. The second-order valence-corrected chi connectivity index (χ2v) is 15.0. The number of rotatable bonds is 36. The Bertz CT molecular complexity index is 1030. The van der Waals surface area contributed by atoms with Crippen LogP contribution in [0.3, 0.4) is 0 Å². The smallest absolute Gasteiger partial charge is 0.323 e. The summed E-state index contributed by atoms with van der Waals surface area (Å²) < 4.78 is 17.0. The van der Waals surface area contributed by atoms with Gasteiger partial charge in [0.25, 0.3) is 0 Å². The number of esters is 3. The van der Waals surface area contributed by atoms with Crippen LogP contribution in [0, 0.1) is 0 Å². The van der Waals surface area contributed by atoms with Gasteiger partial charge in [-0.25, -0.2) is 0 Å². The molecule has 0 amide bonds. The number of carbonyl (C=O) groups excluding carboxylic acids is 3. The second kappa shape index (κ2) is 34.4. The minimum atomic E-state index is -0.839. The summed E-state index contributed by atoms with van der Waals surface area (Å²) in [4.78, 5) is 38.3. The van der Waals surface area contributed by atoms with Crippen LogP contribution in [0.5, 0.6) is 11.5 Å². The first-order valence-corrected chi connectivity index (χ1v) is 21.9. The van der Waals surface area contributed by atoms with Gasteiger partial charge < -0.3 is 19.9 Å². The number of unbranched alkanes of at least 4 members (excludes halogenated alkanes) is 25. The van der Waals surface area contributed by atoms with Crippen LogP contribution in [-0.2, 0) is 25.5 Å². The monoisotopic (exact) mass is 730 g/mol. The van der Waals surface area contributed by atoms with Crippen molar-refractivity contribution >= 4 is 17.9 Å². The van der Waals surface area contributed by atoms with Crippen LogP contribution in [0.25, 0.3) is 0 Å². The molecule has 1 rings (SSSR count). The first kappa shape index (κ1) is 47.6. The fourth-order valence-electron chi connectivity index (χ4n) is 6.56. The van der Waals surface area contributed by atoms with Crippen molar-refractivity contribution in [3.8, 4) is 11.5 Å². The average molecular weight is 730 g/mol. The molecule has 0 saturated heterocycles. The highest BCUT2D eigenvalue weighted by atomic mass is 16.6. The van der Waals surface area contributed by atoms with E-state index in [2.05, 4.69) is 20.8 Å². The molecule has 0 aliphatic rings. The molecule has 0 saturated carbocycles. The topological polar surface area (TPSA) is 105 Å². The van der Waals surface area contributed by atoms with Crippen LogP contribution in [0.2, 0.25) is 0 Å². The number of nitrogens with two attached hydrogens (primary N) is 1. The molecule has 0 bridgehead atoms. The lowest BCUT2D eigenvalue weighted by Crippen LogP contribution is -2.34. The van der Waals surface area contributed by atoms with Crippen molar-refractivity contribution in [2.24, 2.45) is 5.73 Å². The van der Waals surface area contributed by atoms with Gasteiger partial charge in [-0.15, -0.1) is 0 Å². The lowest BCUT2D eigenvalue weighted by Gasteiger charge is -2.15. The summed E-state index contributed by atoms with van der Waals surface area (Å²) in [6.07, 6.45) is 34.0.